The van der Waals surface area contributed by atoms with Crippen molar-refractivity contribution in [3.8, 4) is 17.1 Å². The summed E-state index contributed by atoms with van der Waals surface area (Å²) in [6.07, 6.45) is 3.42. The van der Waals surface area contributed by atoms with Crippen LogP contribution in [0, 0.1) is 6.92 Å². The maximum Gasteiger partial charge on any atom is 0.357 e. The van der Waals surface area contributed by atoms with Crippen molar-refractivity contribution in [1.82, 2.24) is 19.7 Å². The summed E-state index contributed by atoms with van der Waals surface area (Å²) in [6.45, 7) is 3.87. The van der Waals surface area contributed by atoms with Gasteiger partial charge in [0.05, 0.1) is 12.3 Å². The summed E-state index contributed by atoms with van der Waals surface area (Å²) in [7, 11) is 0. The summed E-state index contributed by atoms with van der Waals surface area (Å²) in [5.41, 5.74) is 2.94. The average molecular weight is 308 g/mol. The molecular formula is C17H16N4O2. The van der Waals surface area contributed by atoms with Gasteiger partial charge in [-0.05, 0) is 25.5 Å². The fraction of sp³-hybridized carbons (Fsp3) is 0.176. The Kier molecular flexibility index (Phi) is 4.14. The van der Waals surface area contributed by atoms with Crippen LogP contribution in [0.1, 0.15) is 23.1 Å². The Morgan fingerprint density at radius 2 is 1.83 bits per heavy atom. The van der Waals surface area contributed by atoms with Crippen molar-refractivity contribution < 1.29 is 9.53 Å². The zero-order valence-corrected chi connectivity index (χ0v) is 12.9. The van der Waals surface area contributed by atoms with Crippen LogP contribution in [-0.2, 0) is 4.74 Å². The van der Waals surface area contributed by atoms with E-state index in [1.807, 2.05) is 30.3 Å². The molecule has 0 atom stereocenters. The molecule has 23 heavy (non-hydrogen) atoms. The van der Waals surface area contributed by atoms with Gasteiger partial charge in [0.15, 0.2) is 5.69 Å². The van der Waals surface area contributed by atoms with Crippen LogP contribution in [0.15, 0.2) is 48.8 Å². The number of aromatic nitrogens is 4. The maximum absolute atomic E-state index is 12.0. The number of hydrogen-bond donors (Lipinski definition) is 0. The number of ether oxygens (including phenoxy) is 1. The molecule has 0 radical (unpaired) electrons. The highest BCUT2D eigenvalue weighted by molar-refractivity contribution is 5.88. The first-order valence-electron chi connectivity index (χ1n) is 7.30. The monoisotopic (exact) mass is 308 g/mol. The topological polar surface area (TPSA) is 69.9 Å². The Morgan fingerprint density at radius 3 is 2.48 bits per heavy atom. The summed E-state index contributed by atoms with van der Waals surface area (Å²) < 4.78 is 6.45. The first kappa shape index (κ1) is 14.9. The van der Waals surface area contributed by atoms with Crippen LogP contribution < -0.4 is 0 Å². The van der Waals surface area contributed by atoms with Crippen LogP contribution in [0.25, 0.3) is 17.1 Å². The highest BCUT2D eigenvalue weighted by Gasteiger charge is 2.18. The van der Waals surface area contributed by atoms with E-state index in [4.69, 9.17) is 4.74 Å². The Balaban J connectivity index is 1.95. The summed E-state index contributed by atoms with van der Waals surface area (Å²) in [5, 5.41) is 4.28. The standard InChI is InChI=1S/C17H16N4O2/c1-3-23-16(22)15-9-12(2)20-21(15)17-18-10-14(11-19-17)13-7-5-4-6-8-13/h4-11H,3H2,1-2H3. The van der Waals surface area contributed by atoms with Crippen molar-refractivity contribution in [3.63, 3.8) is 0 Å². The molecule has 0 aliphatic carbocycles. The van der Waals surface area contributed by atoms with Crippen molar-refractivity contribution in [3.05, 3.63) is 60.2 Å². The molecule has 6 nitrogen and oxygen atoms in total. The molecule has 2 heterocycles. The minimum Gasteiger partial charge on any atom is -0.461 e. The molecule has 0 fully saturated rings. The lowest BCUT2D eigenvalue weighted by molar-refractivity contribution is 0.0515. The van der Waals surface area contributed by atoms with E-state index in [2.05, 4.69) is 15.1 Å². The van der Waals surface area contributed by atoms with Gasteiger partial charge < -0.3 is 4.74 Å². The van der Waals surface area contributed by atoms with Gasteiger partial charge >= 0.3 is 5.97 Å². The molecule has 6 heteroatoms. The van der Waals surface area contributed by atoms with Crippen molar-refractivity contribution in [1.29, 1.82) is 0 Å². The predicted octanol–water partition coefficient (Wildman–Crippen LogP) is 2.81. The van der Waals surface area contributed by atoms with Crippen molar-refractivity contribution >= 4 is 5.97 Å². The summed E-state index contributed by atoms with van der Waals surface area (Å²) in [4.78, 5) is 20.6. The van der Waals surface area contributed by atoms with Crippen LogP contribution in [0.4, 0.5) is 0 Å². The zero-order chi connectivity index (χ0) is 16.2. The van der Waals surface area contributed by atoms with Crippen LogP contribution in [0.2, 0.25) is 0 Å². The molecule has 0 amide bonds. The Morgan fingerprint density at radius 1 is 1.13 bits per heavy atom. The first-order valence-corrected chi connectivity index (χ1v) is 7.30. The van der Waals surface area contributed by atoms with E-state index < -0.39 is 5.97 Å². The van der Waals surface area contributed by atoms with Gasteiger partial charge in [-0.25, -0.2) is 14.8 Å². The largest absolute Gasteiger partial charge is 0.461 e. The molecule has 0 aliphatic heterocycles. The fourth-order valence-electron chi connectivity index (χ4n) is 2.21. The first-order chi connectivity index (χ1) is 11.2. The molecule has 0 spiro atoms. The van der Waals surface area contributed by atoms with E-state index in [0.29, 0.717) is 23.9 Å². The number of hydrogen-bond acceptors (Lipinski definition) is 5. The van der Waals surface area contributed by atoms with Crippen LogP contribution >= 0.6 is 0 Å². The highest BCUT2D eigenvalue weighted by atomic mass is 16.5. The smallest absolute Gasteiger partial charge is 0.357 e. The number of aryl methyl sites for hydroxylation is 1. The van der Waals surface area contributed by atoms with E-state index in [0.717, 1.165) is 11.1 Å². The third-order valence-corrected chi connectivity index (χ3v) is 3.25. The van der Waals surface area contributed by atoms with Gasteiger partial charge in [-0.3, -0.25) is 0 Å². The van der Waals surface area contributed by atoms with Gasteiger partial charge in [0.1, 0.15) is 0 Å². The minimum absolute atomic E-state index is 0.302. The second-order valence-electron chi connectivity index (χ2n) is 4.94. The molecule has 0 unspecified atom stereocenters. The van der Waals surface area contributed by atoms with E-state index in [-0.39, 0.29) is 0 Å². The molecule has 0 N–H and O–H groups in total. The van der Waals surface area contributed by atoms with E-state index in [1.54, 1.807) is 32.3 Å². The summed E-state index contributed by atoms with van der Waals surface area (Å²) in [5.74, 6) is -0.107. The van der Waals surface area contributed by atoms with Gasteiger partial charge in [-0.15, -0.1) is 0 Å². The zero-order valence-electron chi connectivity index (χ0n) is 12.9. The van der Waals surface area contributed by atoms with E-state index >= 15 is 0 Å². The summed E-state index contributed by atoms with van der Waals surface area (Å²) >= 11 is 0. The Hall–Kier alpha value is -3.02. The number of benzene rings is 1. The van der Waals surface area contributed by atoms with E-state index in [1.165, 1.54) is 4.68 Å². The number of esters is 1. The molecule has 0 bridgehead atoms. The third-order valence-electron chi connectivity index (χ3n) is 3.25. The van der Waals surface area contributed by atoms with Gasteiger partial charge in [-0.2, -0.15) is 9.78 Å². The maximum atomic E-state index is 12.0. The van der Waals surface area contributed by atoms with Gasteiger partial charge in [0, 0.05) is 18.0 Å². The SMILES string of the molecule is CCOC(=O)c1cc(C)nn1-c1ncc(-c2ccccc2)cn1. The Bertz CT molecular complexity index is 810. The molecule has 0 saturated carbocycles. The molecule has 3 aromatic rings. The predicted molar refractivity (Wildman–Crippen MR) is 85.3 cm³/mol. The lowest BCUT2D eigenvalue weighted by Gasteiger charge is -2.06. The van der Waals surface area contributed by atoms with Crippen molar-refractivity contribution in [2.45, 2.75) is 13.8 Å². The van der Waals surface area contributed by atoms with E-state index in [9.17, 15) is 4.79 Å². The highest BCUT2D eigenvalue weighted by Crippen LogP contribution is 2.18. The van der Waals surface area contributed by atoms with Gasteiger partial charge in [0.2, 0.25) is 0 Å². The van der Waals surface area contributed by atoms with Gasteiger partial charge in [-0.1, -0.05) is 30.3 Å². The third kappa shape index (κ3) is 3.11. The Labute approximate surface area is 133 Å². The molecule has 1 aromatic carbocycles. The number of nitrogens with zero attached hydrogens (tertiary/aromatic N) is 4. The van der Waals surface area contributed by atoms with Gasteiger partial charge in [0.25, 0.3) is 5.95 Å². The second kappa shape index (κ2) is 6.39. The fourth-order valence-corrected chi connectivity index (χ4v) is 2.21. The average Bonchev–Trinajstić information content (AvgIpc) is 2.98. The second-order valence-corrected chi connectivity index (χ2v) is 4.94. The minimum atomic E-state index is -0.441. The number of carbonyl (C=O) groups is 1. The summed E-state index contributed by atoms with van der Waals surface area (Å²) in [6, 6.07) is 11.5. The molecule has 0 saturated heterocycles. The van der Waals surface area contributed by atoms with Crippen molar-refractivity contribution in [2.24, 2.45) is 0 Å². The lowest BCUT2D eigenvalue weighted by atomic mass is 10.1. The molecule has 3 rings (SSSR count). The molecule has 116 valence electrons. The lowest BCUT2D eigenvalue weighted by Crippen LogP contribution is -2.14. The van der Waals surface area contributed by atoms with Crippen LogP contribution in [-0.4, -0.2) is 32.3 Å². The normalized spacial score (nSPS) is 10.5. The molecular weight excluding hydrogens is 292 g/mol. The van der Waals surface area contributed by atoms with Crippen LogP contribution in [0.5, 0.6) is 0 Å². The van der Waals surface area contributed by atoms with Crippen LogP contribution in [0.3, 0.4) is 0 Å². The molecule has 0 aliphatic rings. The number of carbonyl (C=O) groups excluding carboxylic acids is 1. The quantitative estimate of drug-likeness (QED) is 0.693. The number of rotatable bonds is 4. The van der Waals surface area contributed by atoms with Crippen molar-refractivity contribution in [2.75, 3.05) is 6.61 Å². The molecule has 2 aromatic heterocycles.